The van der Waals surface area contributed by atoms with Crippen molar-refractivity contribution in [1.82, 2.24) is 19.6 Å². The molecule has 0 bridgehead atoms. The maximum atomic E-state index is 12.2. The molecule has 122 valence electrons. The van der Waals surface area contributed by atoms with Crippen molar-refractivity contribution < 1.29 is 4.79 Å². The van der Waals surface area contributed by atoms with Gasteiger partial charge in [-0.2, -0.15) is 5.10 Å². The summed E-state index contributed by atoms with van der Waals surface area (Å²) in [5, 5.41) is 4.13. The van der Waals surface area contributed by atoms with Gasteiger partial charge in [-0.25, -0.2) is 0 Å². The maximum absolute atomic E-state index is 12.2. The van der Waals surface area contributed by atoms with E-state index in [4.69, 9.17) is 0 Å². The first-order valence-corrected chi connectivity index (χ1v) is 8.11. The Morgan fingerprint density at radius 2 is 2.00 bits per heavy atom. The lowest BCUT2D eigenvalue weighted by molar-refractivity contribution is -0.138. The van der Waals surface area contributed by atoms with Gasteiger partial charge in [0.05, 0.1) is 6.20 Å². The number of hydrogen-bond acceptors (Lipinski definition) is 3. The van der Waals surface area contributed by atoms with Crippen LogP contribution in [-0.4, -0.2) is 51.7 Å². The average Bonchev–Trinajstić information content (AvgIpc) is 2.90. The minimum atomic E-state index is 0.248. The zero-order chi connectivity index (χ0) is 16.2. The minimum Gasteiger partial charge on any atom is -0.339 e. The van der Waals surface area contributed by atoms with Crippen molar-refractivity contribution in [2.75, 3.05) is 20.1 Å². The van der Waals surface area contributed by atoms with Gasteiger partial charge in [-0.1, -0.05) is 30.3 Å². The third kappa shape index (κ3) is 3.99. The summed E-state index contributed by atoms with van der Waals surface area (Å²) >= 11 is 0. The summed E-state index contributed by atoms with van der Waals surface area (Å²) in [6, 6.07) is 10.9. The molecule has 1 aromatic heterocycles. The molecule has 0 radical (unpaired) electrons. The molecule has 1 amide bonds. The second-order valence-electron chi connectivity index (χ2n) is 6.38. The number of carbonyl (C=O) groups is 1. The van der Waals surface area contributed by atoms with Crippen LogP contribution in [0.2, 0.25) is 0 Å². The number of hydrogen-bond donors (Lipinski definition) is 0. The molecule has 2 aromatic rings. The molecule has 0 atom stereocenters. The second kappa shape index (κ2) is 6.96. The van der Waals surface area contributed by atoms with Crippen LogP contribution in [0.15, 0.2) is 42.7 Å². The van der Waals surface area contributed by atoms with Gasteiger partial charge in [0.1, 0.15) is 0 Å². The van der Waals surface area contributed by atoms with E-state index in [-0.39, 0.29) is 5.91 Å². The Morgan fingerprint density at radius 3 is 2.65 bits per heavy atom. The average molecular weight is 312 g/mol. The molecule has 1 aliphatic heterocycles. The van der Waals surface area contributed by atoms with E-state index >= 15 is 0 Å². The van der Waals surface area contributed by atoms with Gasteiger partial charge in [0, 0.05) is 45.3 Å². The minimum absolute atomic E-state index is 0.248. The van der Waals surface area contributed by atoms with Crippen LogP contribution in [0.25, 0.3) is 0 Å². The molecule has 2 heterocycles. The van der Waals surface area contributed by atoms with Crippen LogP contribution in [0.1, 0.15) is 17.5 Å². The molecule has 0 unspecified atom stereocenters. The number of carbonyl (C=O) groups excluding carboxylic acids is 1. The van der Waals surface area contributed by atoms with E-state index in [9.17, 15) is 4.79 Å². The van der Waals surface area contributed by atoms with Gasteiger partial charge in [-0.3, -0.25) is 14.4 Å². The Kier molecular flexibility index (Phi) is 4.76. The molecule has 1 aromatic carbocycles. The summed E-state index contributed by atoms with van der Waals surface area (Å²) in [6.07, 6.45) is 5.15. The Balaban J connectivity index is 1.40. The predicted octanol–water partition coefficient (Wildman–Crippen LogP) is 1.70. The first-order valence-electron chi connectivity index (χ1n) is 8.11. The maximum Gasteiger partial charge on any atom is 0.223 e. The number of likely N-dealkylation sites (N-methyl/N-ethyl adjacent to an activating group) is 1. The normalized spacial score (nSPS) is 15.0. The Morgan fingerprint density at radius 1 is 1.26 bits per heavy atom. The van der Waals surface area contributed by atoms with Gasteiger partial charge < -0.3 is 4.90 Å². The number of aromatic nitrogens is 2. The van der Waals surface area contributed by atoms with Crippen molar-refractivity contribution in [3.8, 4) is 0 Å². The fourth-order valence-corrected chi connectivity index (χ4v) is 2.95. The smallest absolute Gasteiger partial charge is 0.223 e. The molecule has 0 N–H and O–H groups in total. The predicted molar refractivity (Wildman–Crippen MR) is 89.8 cm³/mol. The molecule has 5 heteroatoms. The Bertz CT molecular complexity index is 646. The van der Waals surface area contributed by atoms with Crippen LogP contribution in [0, 0.1) is 0 Å². The number of nitrogens with zero attached hydrogens (tertiary/aromatic N) is 4. The van der Waals surface area contributed by atoms with E-state index in [0.717, 1.165) is 31.6 Å². The quantitative estimate of drug-likeness (QED) is 0.815. The number of likely N-dealkylation sites (tertiary alicyclic amines) is 1. The molecular weight excluding hydrogens is 288 g/mol. The number of rotatable bonds is 6. The Labute approximate surface area is 137 Å². The van der Waals surface area contributed by atoms with Crippen LogP contribution >= 0.6 is 0 Å². The number of aryl methyl sites for hydroxylation is 2. The molecule has 0 saturated carbocycles. The first-order chi connectivity index (χ1) is 11.1. The summed E-state index contributed by atoms with van der Waals surface area (Å²) < 4.78 is 1.78. The fourth-order valence-electron chi connectivity index (χ4n) is 2.95. The van der Waals surface area contributed by atoms with Gasteiger partial charge >= 0.3 is 0 Å². The lowest BCUT2D eigenvalue weighted by Gasteiger charge is -2.44. The van der Waals surface area contributed by atoms with Crippen LogP contribution in [0.5, 0.6) is 0 Å². The molecule has 3 rings (SSSR count). The highest BCUT2D eigenvalue weighted by Gasteiger charge is 2.32. The zero-order valence-electron chi connectivity index (χ0n) is 13.9. The van der Waals surface area contributed by atoms with Gasteiger partial charge in [-0.15, -0.1) is 0 Å². The summed E-state index contributed by atoms with van der Waals surface area (Å²) in [7, 11) is 4.03. The second-order valence-corrected chi connectivity index (χ2v) is 6.38. The summed E-state index contributed by atoms with van der Waals surface area (Å²) in [4.78, 5) is 16.5. The summed E-state index contributed by atoms with van der Waals surface area (Å²) in [5.41, 5.74) is 2.44. The molecule has 5 nitrogen and oxygen atoms in total. The van der Waals surface area contributed by atoms with Crippen molar-refractivity contribution >= 4 is 5.91 Å². The van der Waals surface area contributed by atoms with E-state index in [1.807, 2.05) is 30.4 Å². The van der Waals surface area contributed by atoms with Crippen molar-refractivity contribution in [2.24, 2.45) is 7.05 Å². The molecule has 1 aliphatic rings. The first kappa shape index (κ1) is 15.7. The largest absolute Gasteiger partial charge is 0.339 e. The third-order valence-corrected chi connectivity index (χ3v) is 4.50. The van der Waals surface area contributed by atoms with Crippen molar-refractivity contribution in [3.63, 3.8) is 0 Å². The van der Waals surface area contributed by atoms with Gasteiger partial charge in [0.25, 0.3) is 0 Å². The molecule has 23 heavy (non-hydrogen) atoms. The number of amides is 1. The summed E-state index contributed by atoms with van der Waals surface area (Å²) in [5.74, 6) is 0.248. The fraction of sp³-hybridized carbons (Fsp3) is 0.444. The zero-order valence-corrected chi connectivity index (χ0v) is 13.9. The standard InChI is InChI=1S/C18H24N4O/c1-20(11-15-6-4-3-5-7-15)17-13-22(14-17)18(23)9-8-16-10-19-21(2)12-16/h3-7,10,12,17H,8-9,11,13-14H2,1-2H3. The lowest BCUT2D eigenvalue weighted by atomic mass is 10.0. The van der Waals surface area contributed by atoms with Gasteiger partial charge in [0.2, 0.25) is 5.91 Å². The van der Waals surface area contributed by atoms with E-state index in [1.165, 1.54) is 5.56 Å². The van der Waals surface area contributed by atoms with Crippen LogP contribution < -0.4 is 0 Å². The topological polar surface area (TPSA) is 41.4 Å². The van der Waals surface area contributed by atoms with E-state index < -0.39 is 0 Å². The molecule has 0 spiro atoms. The van der Waals surface area contributed by atoms with Crippen LogP contribution in [0.3, 0.4) is 0 Å². The highest BCUT2D eigenvalue weighted by molar-refractivity contribution is 5.77. The van der Waals surface area contributed by atoms with Gasteiger partial charge in [-0.05, 0) is 24.6 Å². The lowest BCUT2D eigenvalue weighted by Crippen LogP contribution is -2.59. The molecule has 1 saturated heterocycles. The van der Waals surface area contributed by atoms with E-state index in [0.29, 0.717) is 12.5 Å². The summed E-state index contributed by atoms with van der Waals surface area (Å²) in [6.45, 7) is 2.62. The van der Waals surface area contributed by atoms with Crippen LogP contribution in [0.4, 0.5) is 0 Å². The third-order valence-electron chi connectivity index (χ3n) is 4.50. The SMILES string of the molecule is CN(Cc1ccccc1)C1CN(C(=O)CCc2cnn(C)c2)C1. The highest BCUT2D eigenvalue weighted by Crippen LogP contribution is 2.17. The molecular formula is C18H24N4O. The van der Waals surface area contributed by atoms with Crippen molar-refractivity contribution in [1.29, 1.82) is 0 Å². The van der Waals surface area contributed by atoms with E-state index in [2.05, 4.69) is 41.3 Å². The number of benzene rings is 1. The van der Waals surface area contributed by atoms with Gasteiger partial charge in [0.15, 0.2) is 0 Å². The van der Waals surface area contributed by atoms with Crippen LogP contribution in [-0.2, 0) is 24.8 Å². The highest BCUT2D eigenvalue weighted by atomic mass is 16.2. The monoisotopic (exact) mass is 312 g/mol. The molecule has 1 fully saturated rings. The van der Waals surface area contributed by atoms with Crippen molar-refractivity contribution in [2.45, 2.75) is 25.4 Å². The Hall–Kier alpha value is -2.14. The van der Waals surface area contributed by atoms with Crippen molar-refractivity contribution in [3.05, 3.63) is 53.9 Å². The molecule has 0 aliphatic carbocycles. The van der Waals surface area contributed by atoms with E-state index in [1.54, 1.807) is 4.68 Å².